The third kappa shape index (κ3) is 4.96. The lowest BCUT2D eigenvalue weighted by molar-refractivity contribution is 0.0602. The Bertz CT molecular complexity index is 1240. The van der Waals surface area contributed by atoms with Gasteiger partial charge in [0.25, 0.3) is 0 Å². The van der Waals surface area contributed by atoms with Crippen molar-refractivity contribution < 1.29 is 19.0 Å². The molecule has 6 nitrogen and oxygen atoms in total. The van der Waals surface area contributed by atoms with Crippen molar-refractivity contribution in [3.63, 3.8) is 0 Å². The number of nitrogens with two attached hydrogens (primary N) is 1. The molecule has 0 amide bonds. The number of benzene rings is 3. The van der Waals surface area contributed by atoms with Gasteiger partial charge in [0.05, 0.1) is 36.9 Å². The fourth-order valence-electron chi connectivity index (χ4n) is 3.41. The second-order valence-corrected chi connectivity index (χ2v) is 7.34. The molecule has 0 bridgehead atoms. The largest absolute Gasteiger partial charge is 0.497 e. The van der Waals surface area contributed by atoms with Crippen LogP contribution in [-0.4, -0.2) is 25.2 Å². The molecule has 166 valence electrons. The fourth-order valence-corrected chi connectivity index (χ4v) is 3.41. The van der Waals surface area contributed by atoms with Gasteiger partial charge in [-0.15, -0.1) is 0 Å². The standard InChI is InChI=1S/C27H24N2O4/c1-31-21-12-8-19(9-13-21)24-16-23(27(30)32-2)25(28)26(29-24)20-10-14-22(15-11-20)33-17-18-6-4-3-5-7-18/h3-16H,17,28H2,1-2H3. The maximum atomic E-state index is 12.4. The van der Waals surface area contributed by atoms with Gasteiger partial charge in [-0.1, -0.05) is 30.3 Å². The summed E-state index contributed by atoms with van der Waals surface area (Å²) in [4.78, 5) is 17.2. The van der Waals surface area contributed by atoms with Gasteiger partial charge >= 0.3 is 5.97 Å². The SMILES string of the molecule is COC(=O)c1cc(-c2ccc(OC)cc2)nc(-c2ccc(OCc3ccccc3)cc2)c1N. The zero-order valence-electron chi connectivity index (χ0n) is 18.4. The average Bonchev–Trinajstić information content (AvgIpc) is 2.88. The van der Waals surface area contributed by atoms with Gasteiger partial charge in [0.15, 0.2) is 0 Å². The van der Waals surface area contributed by atoms with Gasteiger partial charge in [-0.25, -0.2) is 9.78 Å². The summed E-state index contributed by atoms with van der Waals surface area (Å²) in [6, 6.07) is 26.5. The lowest BCUT2D eigenvalue weighted by Gasteiger charge is -2.13. The molecule has 6 heteroatoms. The van der Waals surface area contributed by atoms with Crippen molar-refractivity contribution in [3.05, 3.63) is 96.1 Å². The Balaban J connectivity index is 1.67. The van der Waals surface area contributed by atoms with Crippen molar-refractivity contribution in [2.75, 3.05) is 20.0 Å². The van der Waals surface area contributed by atoms with Crippen LogP contribution in [0.4, 0.5) is 5.69 Å². The minimum atomic E-state index is -0.520. The van der Waals surface area contributed by atoms with Gasteiger partial charge in [-0.3, -0.25) is 0 Å². The Morgan fingerprint density at radius 3 is 2.12 bits per heavy atom. The first-order chi connectivity index (χ1) is 16.1. The maximum Gasteiger partial charge on any atom is 0.340 e. The maximum absolute atomic E-state index is 12.4. The number of carbonyl (C=O) groups excluding carboxylic acids is 1. The van der Waals surface area contributed by atoms with Crippen molar-refractivity contribution in [1.82, 2.24) is 4.98 Å². The van der Waals surface area contributed by atoms with Gasteiger partial charge in [0, 0.05) is 11.1 Å². The minimum absolute atomic E-state index is 0.261. The van der Waals surface area contributed by atoms with Crippen LogP contribution in [0.5, 0.6) is 11.5 Å². The Kier molecular flexibility index (Phi) is 6.55. The van der Waals surface area contributed by atoms with Crippen LogP contribution >= 0.6 is 0 Å². The smallest absolute Gasteiger partial charge is 0.340 e. The van der Waals surface area contributed by atoms with Gasteiger partial charge in [-0.05, 0) is 60.2 Å². The van der Waals surface area contributed by atoms with Gasteiger partial charge < -0.3 is 19.9 Å². The van der Waals surface area contributed by atoms with Crippen LogP contribution in [0.15, 0.2) is 84.9 Å². The molecule has 4 aromatic rings. The molecule has 0 atom stereocenters. The molecular formula is C27H24N2O4. The third-order valence-electron chi connectivity index (χ3n) is 5.23. The molecule has 0 radical (unpaired) electrons. The molecule has 0 aliphatic carbocycles. The molecule has 0 aliphatic heterocycles. The van der Waals surface area contributed by atoms with E-state index in [0.29, 0.717) is 18.0 Å². The normalized spacial score (nSPS) is 10.5. The van der Waals surface area contributed by atoms with Crippen molar-refractivity contribution in [2.45, 2.75) is 6.61 Å². The van der Waals surface area contributed by atoms with E-state index in [9.17, 15) is 4.79 Å². The van der Waals surface area contributed by atoms with Crippen molar-refractivity contribution in [3.8, 4) is 34.0 Å². The molecule has 2 N–H and O–H groups in total. The first kappa shape index (κ1) is 21.9. The topological polar surface area (TPSA) is 83.7 Å². The predicted molar refractivity (Wildman–Crippen MR) is 128 cm³/mol. The lowest BCUT2D eigenvalue weighted by atomic mass is 10.0. The molecule has 0 saturated heterocycles. The summed E-state index contributed by atoms with van der Waals surface area (Å²) in [6.07, 6.45) is 0. The third-order valence-corrected chi connectivity index (χ3v) is 5.23. The zero-order valence-corrected chi connectivity index (χ0v) is 18.4. The molecule has 0 spiro atoms. The van der Waals surface area contributed by atoms with E-state index in [1.165, 1.54) is 7.11 Å². The van der Waals surface area contributed by atoms with E-state index >= 15 is 0 Å². The Hall–Kier alpha value is -4.32. The lowest BCUT2D eigenvalue weighted by Crippen LogP contribution is -2.09. The number of nitrogens with zero attached hydrogens (tertiary/aromatic N) is 1. The van der Waals surface area contributed by atoms with E-state index in [1.807, 2.05) is 78.9 Å². The number of ether oxygens (including phenoxy) is 3. The van der Waals surface area contributed by atoms with Crippen molar-refractivity contribution in [1.29, 1.82) is 0 Å². The number of rotatable bonds is 7. The number of pyridine rings is 1. The average molecular weight is 440 g/mol. The summed E-state index contributed by atoms with van der Waals surface area (Å²) in [6.45, 7) is 0.472. The van der Waals surface area contributed by atoms with E-state index in [0.717, 1.165) is 28.2 Å². The van der Waals surface area contributed by atoms with Crippen LogP contribution in [0.2, 0.25) is 0 Å². The quantitative estimate of drug-likeness (QED) is 0.389. The highest BCUT2D eigenvalue weighted by Crippen LogP contribution is 2.33. The second kappa shape index (κ2) is 9.87. The van der Waals surface area contributed by atoms with Crippen LogP contribution < -0.4 is 15.2 Å². The van der Waals surface area contributed by atoms with Gasteiger partial charge in [0.1, 0.15) is 18.1 Å². The van der Waals surface area contributed by atoms with Crippen LogP contribution in [-0.2, 0) is 11.3 Å². The molecule has 1 aromatic heterocycles. The highest BCUT2D eigenvalue weighted by molar-refractivity contribution is 5.99. The molecule has 0 saturated carbocycles. The molecule has 0 fully saturated rings. The van der Waals surface area contributed by atoms with Crippen molar-refractivity contribution >= 4 is 11.7 Å². The number of hydrogen-bond donors (Lipinski definition) is 1. The number of methoxy groups -OCH3 is 2. The van der Waals surface area contributed by atoms with E-state index in [4.69, 9.17) is 24.9 Å². The molecule has 0 unspecified atom stereocenters. The number of hydrogen-bond acceptors (Lipinski definition) is 6. The summed E-state index contributed by atoms with van der Waals surface area (Å²) in [5.41, 5.74) is 10.6. The van der Waals surface area contributed by atoms with E-state index < -0.39 is 5.97 Å². The first-order valence-corrected chi connectivity index (χ1v) is 10.4. The highest BCUT2D eigenvalue weighted by atomic mass is 16.5. The fraction of sp³-hybridized carbons (Fsp3) is 0.111. The van der Waals surface area contributed by atoms with E-state index in [1.54, 1.807) is 13.2 Å². The summed E-state index contributed by atoms with van der Waals surface area (Å²) < 4.78 is 16.0. The van der Waals surface area contributed by atoms with Crippen LogP contribution in [0.1, 0.15) is 15.9 Å². The molecule has 3 aromatic carbocycles. The summed E-state index contributed by atoms with van der Waals surface area (Å²) in [5.74, 6) is 0.933. The molecule has 1 heterocycles. The Labute approximate surface area is 192 Å². The van der Waals surface area contributed by atoms with Gasteiger partial charge in [0.2, 0.25) is 0 Å². The Morgan fingerprint density at radius 1 is 0.848 bits per heavy atom. The molecule has 0 aliphatic rings. The van der Waals surface area contributed by atoms with Crippen LogP contribution in [0, 0.1) is 0 Å². The summed E-state index contributed by atoms with van der Waals surface area (Å²) >= 11 is 0. The second-order valence-electron chi connectivity index (χ2n) is 7.34. The number of aromatic nitrogens is 1. The summed E-state index contributed by atoms with van der Waals surface area (Å²) in [7, 11) is 2.94. The predicted octanol–water partition coefficient (Wildman–Crippen LogP) is 5.37. The minimum Gasteiger partial charge on any atom is -0.497 e. The molecule has 33 heavy (non-hydrogen) atoms. The number of esters is 1. The number of nitrogen functional groups attached to an aromatic ring is 1. The number of carbonyl (C=O) groups is 1. The molecular weight excluding hydrogens is 416 g/mol. The summed E-state index contributed by atoms with van der Waals surface area (Å²) in [5, 5.41) is 0. The molecule has 4 rings (SSSR count). The Morgan fingerprint density at radius 2 is 1.48 bits per heavy atom. The first-order valence-electron chi connectivity index (χ1n) is 10.4. The van der Waals surface area contributed by atoms with E-state index in [2.05, 4.69) is 0 Å². The van der Waals surface area contributed by atoms with Gasteiger partial charge in [-0.2, -0.15) is 0 Å². The van der Waals surface area contributed by atoms with Crippen LogP contribution in [0.25, 0.3) is 22.5 Å². The van der Waals surface area contributed by atoms with Crippen molar-refractivity contribution in [2.24, 2.45) is 0 Å². The number of anilines is 1. The highest BCUT2D eigenvalue weighted by Gasteiger charge is 2.19. The van der Waals surface area contributed by atoms with E-state index in [-0.39, 0.29) is 11.3 Å². The monoisotopic (exact) mass is 440 g/mol. The zero-order chi connectivity index (χ0) is 23.2. The van der Waals surface area contributed by atoms with Crippen LogP contribution in [0.3, 0.4) is 0 Å².